The lowest BCUT2D eigenvalue weighted by molar-refractivity contribution is -0.125. The molecule has 0 radical (unpaired) electrons. The van der Waals surface area contributed by atoms with Crippen molar-refractivity contribution in [2.24, 2.45) is 11.7 Å². The molecule has 0 fully saturated rings. The topological polar surface area (TPSA) is 93.5 Å². The molecule has 0 aliphatic carbocycles. The van der Waals surface area contributed by atoms with Crippen molar-refractivity contribution in [1.29, 1.82) is 0 Å². The van der Waals surface area contributed by atoms with Gasteiger partial charge in [-0.2, -0.15) is 0 Å². The molecule has 2 amide bonds. The summed E-state index contributed by atoms with van der Waals surface area (Å²) < 4.78 is 5.71. The molecule has 29 heavy (non-hydrogen) atoms. The number of anilines is 1. The fraction of sp³-hybridized carbons (Fsp3) is 0.391. The highest BCUT2D eigenvalue weighted by Gasteiger charge is 2.16. The Kier molecular flexibility index (Phi) is 8.68. The van der Waals surface area contributed by atoms with Gasteiger partial charge in [0.05, 0.1) is 6.61 Å². The summed E-state index contributed by atoms with van der Waals surface area (Å²) >= 11 is 0. The van der Waals surface area contributed by atoms with E-state index in [4.69, 9.17) is 10.5 Å². The number of amides is 2. The van der Waals surface area contributed by atoms with Crippen molar-refractivity contribution in [3.05, 3.63) is 59.7 Å². The number of carbonyl (C=O) groups is 2. The summed E-state index contributed by atoms with van der Waals surface area (Å²) in [6.45, 7) is 6.55. The number of para-hydroxylation sites is 1. The number of hydrogen-bond acceptors (Lipinski definition) is 4. The van der Waals surface area contributed by atoms with Crippen molar-refractivity contribution < 1.29 is 14.3 Å². The summed E-state index contributed by atoms with van der Waals surface area (Å²) in [6, 6.07) is 15.1. The zero-order chi connectivity index (χ0) is 21.2. The summed E-state index contributed by atoms with van der Waals surface area (Å²) in [5.74, 6) is 0.504. The van der Waals surface area contributed by atoms with Crippen LogP contribution in [-0.4, -0.2) is 24.5 Å². The molecular weight excluding hydrogens is 366 g/mol. The quantitative estimate of drug-likeness (QED) is 0.536. The third-order valence-electron chi connectivity index (χ3n) is 4.81. The Morgan fingerprint density at radius 1 is 1.07 bits per heavy atom. The zero-order valence-electron chi connectivity index (χ0n) is 17.4. The van der Waals surface area contributed by atoms with E-state index in [-0.39, 0.29) is 23.8 Å². The van der Waals surface area contributed by atoms with Gasteiger partial charge in [0, 0.05) is 30.6 Å². The predicted octanol–water partition coefficient (Wildman–Crippen LogP) is 3.39. The van der Waals surface area contributed by atoms with Gasteiger partial charge in [-0.1, -0.05) is 37.3 Å². The first-order valence-electron chi connectivity index (χ1n) is 9.97. The van der Waals surface area contributed by atoms with Crippen molar-refractivity contribution in [1.82, 2.24) is 5.32 Å². The molecule has 0 spiro atoms. The third kappa shape index (κ3) is 7.58. The van der Waals surface area contributed by atoms with E-state index in [1.807, 2.05) is 69.3 Å². The van der Waals surface area contributed by atoms with Crippen LogP contribution in [0.4, 0.5) is 5.69 Å². The molecule has 0 aromatic heterocycles. The van der Waals surface area contributed by atoms with Crippen LogP contribution in [0.15, 0.2) is 48.5 Å². The van der Waals surface area contributed by atoms with Gasteiger partial charge in [-0.3, -0.25) is 9.59 Å². The smallest absolute Gasteiger partial charge is 0.224 e. The lowest BCUT2D eigenvalue weighted by Gasteiger charge is -2.15. The lowest BCUT2D eigenvalue weighted by Crippen LogP contribution is -2.38. The fourth-order valence-corrected chi connectivity index (χ4v) is 2.65. The van der Waals surface area contributed by atoms with Crippen molar-refractivity contribution in [3.8, 4) is 5.75 Å². The molecule has 2 rings (SSSR count). The Labute approximate surface area is 172 Å². The van der Waals surface area contributed by atoms with E-state index in [0.717, 1.165) is 22.6 Å². The van der Waals surface area contributed by atoms with Gasteiger partial charge in [0.15, 0.2) is 0 Å². The molecule has 0 bridgehead atoms. The normalized spacial score (nSPS) is 12.7. The van der Waals surface area contributed by atoms with Gasteiger partial charge >= 0.3 is 0 Å². The monoisotopic (exact) mass is 397 g/mol. The number of ether oxygens (including phenoxy) is 1. The van der Waals surface area contributed by atoms with Crippen LogP contribution in [0.1, 0.15) is 37.8 Å². The van der Waals surface area contributed by atoms with Crippen molar-refractivity contribution in [2.75, 3.05) is 11.9 Å². The summed E-state index contributed by atoms with van der Waals surface area (Å²) in [5, 5.41) is 5.75. The second-order valence-electron chi connectivity index (χ2n) is 7.33. The van der Waals surface area contributed by atoms with E-state index in [1.165, 1.54) is 0 Å². The van der Waals surface area contributed by atoms with Crippen LogP contribution in [0.25, 0.3) is 0 Å². The highest BCUT2D eigenvalue weighted by molar-refractivity contribution is 5.90. The van der Waals surface area contributed by atoms with Crippen LogP contribution in [0.3, 0.4) is 0 Å². The molecule has 2 aromatic rings. The number of nitrogens with one attached hydrogen (secondary N) is 2. The number of benzene rings is 2. The maximum Gasteiger partial charge on any atom is 0.224 e. The van der Waals surface area contributed by atoms with E-state index in [0.29, 0.717) is 26.0 Å². The molecule has 0 aliphatic heterocycles. The maximum absolute atomic E-state index is 12.1. The van der Waals surface area contributed by atoms with E-state index in [9.17, 15) is 9.59 Å². The van der Waals surface area contributed by atoms with Crippen LogP contribution in [0.2, 0.25) is 0 Å². The first-order chi connectivity index (χ1) is 13.9. The van der Waals surface area contributed by atoms with Crippen LogP contribution in [-0.2, 0) is 16.1 Å². The summed E-state index contributed by atoms with van der Waals surface area (Å²) in [7, 11) is 0. The van der Waals surface area contributed by atoms with Gasteiger partial charge in [-0.15, -0.1) is 0 Å². The third-order valence-corrected chi connectivity index (χ3v) is 4.81. The van der Waals surface area contributed by atoms with E-state index >= 15 is 0 Å². The van der Waals surface area contributed by atoms with Gasteiger partial charge in [-0.25, -0.2) is 0 Å². The van der Waals surface area contributed by atoms with E-state index in [2.05, 4.69) is 10.6 Å². The van der Waals surface area contributed by atoms with Crippen LogP contribution in [0.5, 0.6) is 5.75 Å². The molecule has 2 atom stereocenters. The minimum absolute atomic E-state index is 0.0507. The van der Waals surface area contributed by atoms with Gasteiger partial charge in [0.25, 0.3) is 0 Å². The van der Waals surface area contributed by atoms with E-state index in [1.54, 1.807) is 0 Å². The molecule has 0 aliphatic rings. The average Bonchev–Trinajstić information content (AvgIpc) is 2.71. The minimum Gasteiger partial charge on any atom is -0.493 e. The second kappa shape index (κ2) is 11.2. The SMILES string of the molecule is Cc1ccccc1OCCCC(=O)Nc1ccc(CNC(=O)C(C)C(C)N)cc1. The predicted molar refractivity (Wildman–Crippen MR) is 116 cm³/mol. The van der Waals surface area contributed by atoms with E-state index < -0.39 is 0 Å². The Morgan fingerprint density at radius 3 is 2.41 bits per heavy atom. The minimum atomic E-state index is -0.233. The zero-order valence-corrected chi connectivity index (χ0v) is 17.4. The first kappa shape index (κ1) is 22.4. The van der Waals surface area contributed by atoms with Crippen LogP contribution < -0.4 is 21.1 Å². The van der Waals surface area contributed by atoms with Crippen molar-refractivity contribution in [2.45, 2.75) is 46.2 Å². The van der Waals surface area contributed by atoms with Crippen LogP contribution in [0, 0.1) is 12.8 Å². The molecule has 6 nitrogen and oxygen atoms in total. The van der Waals surface area contributed by atoms with Gasteiger partial charge < -0.3 is 21.1 Å². The van der Waals surface area contributed by atoms with Crippen LogP contribution >= 0.6 is 0 Å². The number of rotatable bonds is 10. The fourth-order valence-electron chi connectivity index (χ4n) is 2.65. The largest absolute Gasteiger partial charge is 0.493 e. The molecule has 6 heteroatoms. The lowest BCUT2D eigenvalue weighted by atomic mass is 10.0. The maximum atomic E-state index is 12.1. The molecule has 0 saturated heterocycles. The summed E-state index contributed by atoms with van der Waals surface area (Å²) in [6.07, 6.45) is 1.03. The second-order valence-corrected chi connectivity index (χ2v) is 7.33. The van der Waals surface area contributed by atoms with Crippen molar-refractivity contribution in [3.63, 3.8) is 0 Å². The number of carbonyl (C=O) groups excluding carboxylic acids is 2. The van der Waals surface area contributed by atoms with Gasteiger partial charge in [-0.05, 0) is 49.6 Å². The standard InChI is InChI=1S/C23H31N3O3/c1-16-7-4-5-8-21(16)29-14-6-9-22(27)26-20-12-10-19(11-13-20)15-25-23(28)17(2)18(3)24/h4-5,7-8,10-13,17-18H,6,9,14-15,24H2,1-3H3,(H,25,28)(H,26,27). The highest BCUT2D eigenvalue weighted by atomic mass is 16.5. The molecular formula is C23H31N3O3. The Balaban J connectivity index is 1.70. The first-order valence-corrected chi connectivity index (χ1v) is 9.97. The van der Waals surface area contributed by atoms with Gasteiger partial charge in [0.2, 0.25) is 11.8 Å². The average molecular weight is 398 g/mol. The highest BCUT2D eigenvalue weighted by Crippen LogP contribution is 2.16. The summed E-state index contributed by atoms with van der Waals surface area (Å²) in [4.78, 5) is 24.0. The Hall–Kier alpha value is -2.86. The molecule has 2 aromatic carbocycles. The number of hydrogen-bond donors (Lipinski definition) is 3. The summed E-state index contributed by atoms with van der Waals surface area (Å²) in [5.41, 5.74) is 8.51. The van der Waals surface area contributed by atoms with Gasteiger partial charge in [0.1, 0.15) is 5.75 Å². The van der Waals surface area contributed by atoms with Crippen molar-refractivity contribution >= 4 is 17.5 Å². The Morgan fingerprint density at radius 2 is 1.76 bits per heavy atom. The molecule has 0 saturated carbocycles. The molecule has 0 heterocycles. The number of aryl methyl sites for hydroxylation is 1. The number of nitrogens with two attached hydrogens (primary N) is 1. The Bertz CT molecular complexity index is 803. The molecule has 4 N–H and O–H groups in total. The molecule has 2 unspecified atom stereocenters. The molecule has 156 valence electrons.